The van der Waals surface area contributed by atoms with E-state index in [1.807, 2.05) is 24.3 Å². The topological polar surface area (TPSA) is 77.2 Å². The van der Waals surface area contributed by atoms with Gasteiger partial charge in [-0.3, -0.25) is 9.78 Å². The smallest absolute Gasteiger partial charge is 0.267 e. The molecular formula is C15H17N3O2. The van der Waals surface area contributed by atoms with Gasteiger partial charge in [0.2, 0.25) is 0 Å². The molecule has 5 nitrogen and oxygen atoms in total. The van der Waals surface area contributed by atoms with Gasteiger partial charge in [0.15, 0.2) is 0 Å². The van der Waals surface area contributed by atoms with Crippen molar-refractivity contribution in [1.29, 1.82) is 0 Å². The first-order valence-electron chi connectivity index (χ1n) is 6.32. The lowest BCUT2D eigenvalue weighted by Gasteiger charge is -2.10. The number of nitrogens with zero attached hydrogens (tertiary/aromatic N) is 1. The number of nitrogens with one attached hydrogen (secondary N) is 1. The molecule has 1 heterocycles. The molecule has 0 saturated carbocycles. The fourth-order valence-corrected chi connectivity index (χ4v) is 1.93. The number of primary amides is 1. The van der Waals surface area contributed by atoms with Crippen molar-refractivity contribution in [2.24, 2.45) is 5.73 Å². The number of aromatic nitrogens is 1. The monoisotopic (exact) mass is 271 g/mol. The predicted octanol–water partition coefficient (Wildman–Crippen LogP) is 1.84. The van der Waals surface area contributed by atoms with Crippen LogP contribution in [0, 0.1) is 0 Å². The van der Waals surface area contributed by atoms with Gasteiger partial charge in [-0.05, 0) is 30.2 Å². The molecule has 0 radical (unpaired) electrons. The molecule has 0 unspecified atom stereocenters. The van der Waals surface area contributed by atoms with Crippen molar-refractivity contribution in [2.45, 2.75) is 6.42 Å². The van der Waals surface area contributed by atoms with E-state index in [9.17, 15) is 4.79 Å². The van der Waals surface area contributed by atoms with Gasteiger partial charge in [-0.25, -0.2) is 0 Å². The second-order valence-corrected chi connectivity index (χ2v) is 4.28. The molecular weight excluding hydrogens is 254 g/mol. The summed E-state index contributed by atoms with van der Waals surface area (Å²) in [6, 6.07) is 11.3. The minimum Gasteiger partial charge on any atom is -0.496 e. The lowest BCUT2D eigenvalue weighted by molar-refractivity contribution is 0.0995. The fourth-order valence-electron chi connectivity index (χ4n) is 1.93. The summed E-state index contributed by atoms with van der Waals surface area (Å²) in [5.74, 6) is 0.347. The first kappa shape index (κ1) is 13.9. The number of rotatable bonds is 6. The van der Waals surface area contributed by atoms with Crippen LogP contribution in [0.1, 0.15) is 16.1 Å². The number of amides is 1. The first-order valence-corrected chi connectivity index (χ1v) is 6.32. The van der Waals surface area contributed by atoms with E-state index < -0.39 is 5.91 Å². The van der Waals surface area contributed by atoms with Gasteiger partial charge < -0.3 is 15.8 Å². The molecule has 20 heavy (non-hydrogen) atoms. The fraction of sp³-hybridized carbons (Fsp3) is 0.200. The lowest BCUT2D eigenvalue weighted by Crippen LogP contribution is -2.13. The molecule has 0 fully saturated rings. The van der Waals surface area contributed by atoms with Crippen molar-refractivity contribution >= 4 is 11.6 Å². The van der Waals surface area contributed by atoms with Crippen LogP contribution in [0.3, 0.4) is 0 Å². The second kappa shape index (κ2) is 6.56. The molecule has 0 aliphatic heterocycles. The Bertz CT molecular complexity index is 599. The minimum atomic E-state index is -0.529. The Morgan fingerprint density at radius 2 is 2.15 bits per heavy atom. The Balaban J connectivity index is 1.96. The highest BCUT2D eigenvalue weighted by atomic mass is 16.5. The van der Waals surface area contributed by atoms with E-state index in [4.69, 9.17) is 10.5 Å². The molecule has 1 aromatic carbocycles. The van der Waals surface area contributed by atoms with Gasteiger partial charge in [0.05, 0.1) is 7.11 Å². The van der Waals surface area contributed by atoms with Crippen molar-refractivity contribution in [3.05, 3.63) is 53.9 Å². The Morgan fingerprint density at radius 3 is 2.90 bits per heavy atom. The van der Waals surface area contributed by atoms with Crippen LogP contribution < -0.4 is 15.8 Å². The number of carbonyl (C=O) groups excluding carboxylic acids is 1. The number of anilines is 1. The van der Waals surface area contributed by atoms with E-state index in [1.54, 1.807) is 25.4 Å². The Hall–Kier alpha value is -2.56. The molecule has 2 rings (SSSR count). The van der Waals surface area contributed by atoms with Crippen LogP contribution in [0.25, 0.3) is 0 Å². The van der Waals surface area contributed by atoms with Gasteiger partial charge in [0, 0.05) is 18.4 Å². The molecule has 0 bridgehead atoms. The zero-order chi connectivity index (χ0) is 14.4. The van der Waals surface area contributed by atoms with Gasteiger partial charge in [-0.15, -0.1) is 0 Å². The van der Waals surface area contributed by atoms with Crippen LogP contribution >= 0.6 is 0 Å². The molecule has 1 aromatic heterocycles. The summed E-state index contributed by atoms with van der Waals surface area (Å²) in [6.45, 7) is 0.725. The SMILES string of the molecule is COc1ccccc1CCNc1ccnc(C(N)=O)c1. The molecule has 0 spiro atoms. The van der Waals surface area contributed by atoms with E-state index in [2.05, 4.69) is 10.3 Å². The number of methoxy groups -OCH3 is 1. The maximum Gasteiger partial charge on any atom is 0.267 e. The molecule has 0 atom stereocenters. The van der Waals surface area contributed by atoms with Gasteiger partial charge in [0.25, 0.3) is 5.91 Å². The quantitative estimate of drug-likeness (QED) is 0.840. The largest absolute Gasteiger partial charge is 0.496 e. The van der Waals surface area contributed by atoms with E-state index in [-0.39, 0.29) is 5.69 Å². The summed E-state index contributed by atoms with van der Waals surface area (Å²) in [4.78, 5) is 14.9. The van der Waals surface area contributed by atoms with E-state index in [0.29, 0.717) is 0 Å². The summed E-state index contributed by atoms with van der Waals surface area (Å²) in [5, 5.41) is 3.24. The third-order valence-electron chi connectivity index (χ3n) is 2.93. The normalized spacial score (nSPS) is 10.1. The van der Waals surface area contributed by atoms with Crippen LogP contribution in [-0.4, -0.2) is 24.5 Å². The maximum atomic E-state index is 11.0. The molecule has 3 N–H and O–H groups in total. The van der Waals surface area contributed by atoms with Crippen molar-refractivity contribution in [1.82, 2.24) is 4.98 Å². The van der Waals surface area contributed by atoms with Gasteiger partial charge in [0.1, 0.15) is 11.4 Å². The molecule has 1 amide bonds. The number of hydrogen-bond acceptors (Lipinski definition) is 4. The number of hydrogen-bond donors (Lipinski definition) is 2. The number of nitrogens with two attached hydrogens (primary N) is 1. The predicted molar refractivity (Wildman–Crippen MR) is 77.9 cm³/mol. The zero-order valence-corrected chi connectivity index (χ0v) is 11.3. The van der Waals surface area contributed by atoms with Crippen molar-refractivity contribution in [3.63, 3.8) is 0 Å². The highest BCUT2D eigenvalue weighted by Crippen LogP contribution is 2.18. The van der Waals surface area contributed by atoms with E-state index >= 15 is 0 Å². The van der Waals surface area contributed by atoms with Crippen LogP contribution in [0.15, 0.2) is 42.6 Å². The summed E-state index contributed by atoms with van der Waals surface area (Å²) >= 11 is 0. The second-order valence-electron chi connectivity index (χ2n) is 4.28. The molecule has 2 aromatic rings. The van der Waals surface area contributed by atoms with Crippen molar-refractivity contribution in [3.8, 4) is 5.75 Å². The van der Waals surface area contributed by atoms with E-state index in [1.165, 1.54) is 0 Å². The van der Waals surface area contributed by atoms with Gasteiger partial charge in [-0.1, -0.05) is 18.2 Å². The van der Waals surface area contributed by atoms with E-state index in [0.717, 1.165) is 30.0 Å². The first-order chi connectivity index (χ1) is 9.70. The van der Waals surface area contributed by atoms with Crippen LogP contribution in [0.5, 0.6) is 5.75 Å². The zero-order valence-electron chi connectivity index (χ0n) is 11.3. The summed E-state index contributed by atoms with van der Waals surface area (Å²) in [5.41, 5.74) is 7.41. The minimum absolute atomic E-state index is 0.257. The Labute approximate surface area is 117 Å². The van der Waals surface area contributed by atoms with Crippen molar-refractivity contribution < 1.29 is 9.53 Å². The number of para-hydroxylation sites is 1. The summed E-state index contributed by atoms with van der Waals surface area (Å²) in [6.07, 6.45) is 2.38. The van der Waals surface area contributed by atoms with Crippen molar-refractivity contribution in [2.75, 3.05) is 19.0 Å². The third kappa shape index (κ3) is 3.47. The maximum absolute atomic E-state index is 11.0. The molecule has 5 heteroatoms. The molecule has 0 saturated heterocycles. The molecule has 104 valence electrons. The highest BCUT2D eigenvalue weighted by Gasteiger charge is 2.04. The molecule has 0 aliphatic rings. The summed E-state index contributed by atoms with van der Waals surface area (Å²) < 4.78 is 5.30. The van der Waals surface area contributed by atoms with Crippen LogP contribution in [0.4, 0.5) is 5.69 Å². The van der Waals surface area contributed by atoms with Gasteiger partial charge >= 0.3 is 0 Å². The number of pyridine rings is 1. The number of benzene rings is 1. The third-order valence-corrected chi connectivity index (χ3v) is 2.93. The number of carbonyl (C=O) groups is 1. The highest BCUT2D eigenvalue weighted by molar-refractivity contribution is 5.91. The van der Waals surface area contributed by atoms with Crippen LogP contribution in [-0.2, 0) is 6.42 Å². The number of ether oxygens (including phenoxy) is 1. The van der Waals surface area contributed by atoms with Crippen LogP contribution in [0.2, 0.25) is 0 Å². The average Bonchev–Trinajstić information content (AvgIpc) is 2.48. The summed E-state index contributed by atoms with van der Waals surface area (Å²) in [7, 11) is 1.66. The Kier molecular flexibility index (Phi) is 4.55. The molecule has 0 aliphatic carbocycles. The standard InChI is InChI=1S/C15H17N3O2/c1-20-14-5-3-2-4-11(14)6-8-17-12-7-9-18-13(10-12)15(16)19/h2-5,7,9-10H,6,8H2,1H3,(H2,16,19)(H,17,18). The lowest BCUT2D eigenvalue weighted by atomic mass is 10.1. The van der Waals surface area contributed by atoms with Gasteiger partial charge in [-0.2, -0.15) is 0 Å². The Morgan fingerprint density at radius 1 is 1.35 bits per heavy atom. The average molecular weight is 271 g/mol.